The zero-order valence-corrected chi connectivity index (χ0v) is 13.6. The quantitative estimate of drug-likeness (QED) is 0.760. The van der Waals surface area contributed by atoms with Crippen LogP contribution in [0.15, 0.2) is 48.3 Å². The van der Waals surface area contributed by atoms with E-state index < -0.39 is 0 Å². The van der Waals surface area contributed by atoms with E-state index in [9.17, 15) is 0 Å². The molecule has 1 N–H and O–H groups in total. The third-order valence-corrected chi connectivity index (χ3v) is 3.81. The first-order valence-electron chi connectivity index (χ1n) is 7.78. The summed E-state index contributed by atoms with van der Waals surface area (Å²) in [5, 5.41) is 9.11. The van der Waals surface area contributed by atoms with Crippen LogP contribution < -0.4 is 0 Å². The van der Waals surface area contributed by atoms with Crippen LogP contribution in [0.1, 0.15) is 38.7 Å². The molecular formula is C19H24N2O. The van der Waals surface area contributed by atoms with Crippen molar-refractivity contribution in [3.05, 3.63) is 53.9 Å². The molecule has 0 amide bonds. The Morgan fingerprint density at radius 3 is 2.18 bits per heavy atom. The summed E-state index contributed by atoms with van der Waals surface area (Å²) >= 11 is 0. The van der Waals surface area contributed by atoms with Crippen molar-refractivity contribution in [2.75, 3.05) is 0 Å². The van der Waals surface area contributed by atoms with Gasteiger partial charge in [-0.15, -0.1) is 0 Å². The number of hydrogen-bond acceptors (Lipinski definition) is 3. The fourth-order valence-corrected chi connectivity index (χ4v) is 2.25. The van der Waals surface area contributed by atoms with Gasteiger partial charge in [-0.3, -0.25) is 0 Å². The highest BCUT2D eigenvalue weighted by Gasteiger charge is 2.05. The van der Waals surface area contributed by atoms with E-state index in [0.29, 0.717) is 5.82 Å². The minimum absolute atomic E-state index is 0.251. The van der Waals surface area contributed by atoms with Gasteiger partial charge in [-0.25, -0.2) is 9.97 Å². The van der Waals surface area contributed by atoms with Gasteiger partial charge in [0.25, 0.3) is 0 Å². The van der Waals surface area contributed by atoms with Crippen LogP contribution in [-0.4, -0.2) is 15.1 Å². The van der Waals surface area contributed by atoms with E-state index in [0.717, 1.165) is 17.0 Å². The topological polar surface area (TPSA) is 46.0 Å². The summed E-state index contributed by atoms with van der Waals surface area (Å²) in [5.41, 5.74) is 3.53. The molecule has 0 fully saturated rings. The van der Waals surface area contributed by atoms with Crippen LogP contribution in [0.2, 0.25) is 0 Å². The largest absolute Gasteiger partial charge is 0.508 e. The van der Waals surface area contributed by atoms with E-state index in [1.165, 1.54) is 19.3 Å². The Kier molecular flexibility index (Phi) is 5.70. The molecule has 0 saturated carbocycles. The molecule has 1 heterocycles. The van der Waals surface area contributed by atoms with Crippen molar-refractivity contribution in [1.82, 2.24) is 9.97 Å². The lowest BCUT2D eigenvalue weighted by Gasteiger charge is -2.14. The number of allylic oxidation sites excluding steroid dienone is 2. The molecule has 1 unspecified atom stereocenters. The minimum atomic E-state index is 0.251. The van der Waals surface area contributed by atoms with Crippen molar-refractivity contribution in [1.29, 1.82) is 0 Å². The Bertz CT molecular complexity index is 571. The molecule has 0 radical (unpaired) electrons. The van der Waals surface area contributed by atoms with Crippen LogP contribution in [0.25, 0.3) is 11.4 Å². The molecule has 1 aromatic heterocycles. The molecular weight excluding hydrogens is 272 g/mol. The maximum Gasteiger partial charge on any atom is 0.159 e. The monoisotopic (exact) mass is 296 g/mol. The minimum Gasteiger partial charge on any atom is -0.508 e. The average molecular weight is 296 g/mol. The van der Waals surface area contributed by atoms with Crippen LogP contribution in [0, 0.1) is 12.8 Å². The molecule has 3 rings (SSSR count). The van der Waals surface area contributed by atoms with E-state index >= 15 is 0 Å². The summed E-state index contributed by atoms with van der Waals surface area (Å²) in [6.45, 7) is 6.50. The number of phenols is 1. The van der Waals surface area contributed by atoms with Crippen molar-refractivity contribution in [3.8, 4) is 17.1 Å². The van der Waals surface area contributed by atoms with Gasteiger partial charge in [0.05, 0.1) is 0 Å². The second-order valence-electron chi connectivity index (χ2n) is 6.06. The molecule has 0 aliphatic heterocycles. The maximum absolute atomic E-state index is 9.11. The van der Waals surface area contributed by atoms with E-state index in [4.69, 9.17) is 5.11 Å². The van der Waals surface area contributed by atoms with Gasteiger partial charge in [0.2, 0.25) is 0 Å². The zero-order chi connectivity index (χ0) is 15.9. The molecule has 1 aliphatic rings. The number of aromatic hydroxyl groups is 1. The first-order chi connectivity index (χ1) is 10.5. The summed E-state index contributed by atoms with van der Waals surface area (Å²) in [4.78, 5) is 8.37. The summed E-state index contributed by atoms with van der Waals surface area (Å²) < 4.78 is 0. The Labute approximate surface area is 132 Å². The first kappa shape index (κ1) is 16.2. The molecule has 3 nitrogen and oxygen atoms in total. The Morgan fingerprint density at radius 1 is 1.05 bits per heavy atom. The number of phenolic OH excluding ortho intramolecular Hbond substituents is 1. The van der Waals surface area contributed by atoms with E-state index in [2.05, 4.69) is 29.9 Å². The van der Waals surface area contributed by atoms with Gasteiger partial charge in [-0.05, 0) is 68.9 Å². The Morgan fingerprint density at radius 2 is 1.68 bits per heavy atom. The molecule has 1 atom stereocenters. The first-order valence-corrected chi connectivity index (χ1v) is 7.78. The standard InChI is InChI=1S/C11H10N2O.C8H14/c1-8-6-12-11(13-7-8)9-2-4-10(14)5-3-9;1-7-3-5-8(2)6-4-7/h2-7,14H,1H3;3,8H,4-6H2,1-2H3. The highest BCUT2D eigenvalue weighted by molar-refractivity contribution is 5.55. The highest BCUT2D eigenvalue weighted by Crippen LogP contribution is 2.21. The number of aryl methyl sites for hydroxylation is 1. The van der Waals surface area contributed by atoms with Gasteiger partial charge in [0, 0.05) is 18.0 Å². The predicted octanol–water partition coefficient (Wildman–Crippen LogP) is 4.91. The van der Waals surface area contributed by atoms with Gasteiger partial charge in [-0.1, -0.05) is 18.6 Å². The number of hydrogen-bond donors (Lipinski definition) is 1. The fourth-order valence-electron chi connectivity index (χ4n) is 2.25. The van der Waals surface area contributed by atoms with Crippen molar-refractivity contribution in [3.63, 3.8) is 0 Å². The van der Waals surface area contributed by atoms with Gasteiger partial charge >= 0.3 is 0 Å². The summed E-state index contributed by atoms with van der Waals surface area (Å²) in [5.74, 6) is 1.87. The predicted molar refractivity (Wildman–Crippen MR) is 90.6 cm³/mol. The molecule has 2 aromatic rings. The van der Waals surface area contributed by atoms with Crippen molar-refractivity contribution >= 4 is 0 Å². The third-order valence-electron chi connectivity index (χ3n) is 3.81. The summed E-state index contributed by atoms with van der Waals surface area (Å²) in [6.07, 6.45) is 9.97. The third kappa shape index (κ3) is 4.99. The fraction of sp³-hybridized carbons (Fsp3) is 0.368. The SMILES string of the molecule is CC1=CCC(C)CC1.Cc1cnc(-c2ccc(O)cc2)nc1. The summed E-state index contributed by atoms with van der Waals surface area (Å²) in [6, 6.07) is 6.83. The van der Waals surface area contributed by atoms with Crippen molar-refractivity contribution < 1.29 is 5.11 Å². The van der Waals surface area contributed by atoms with Gasteiger partial charge in [0.15, 0.2) is 5.82 Å². The molecule has 1 aliphatic carbocycles. The molecule has 22 heavy (non-hydrogen) atoms. The lowest BCUT2D eigenvalue weighted by molar-refractivity contribution is 0.475. The second-order valence-corrected chi connectivity index (χ2v) is 6.06. The Balaban J connectivity index is 0.000000188. The van der Waals surface area contributed by atoms with E-state index in [-0.39, 0.29) is 5.75 Å². The molecule has 0 spiro atoms. The molecule has 3 heteroatoms. The number of rotatable bonds is 1. The smallest absolute Gasteiger partial charge is 0.159 e. The normalized spacial score (nSPS) is 17.2. The molecule has 116 valence electrons. The van der Waals surface area contributed by atoms with Gasteiger partial charge in [0.1, 0.15) is 5.75 Å². The van der Waals surface area contributed by atoms with Crippen LogP contribution >= 0.6 is 0 Å². The maximum atomic E-state index is 9.11. The average Bonchev–Trinajstić information content (AvgIpc) is 2.53. The number of benzene rings is 1. The number of aromatic nitrogens is 2. The van der Waals surface area contributed by atoms with E-state index in [1.807, 2.05) is 6.92 Å². The molecule has 0 saturated heterocycles. The molecule has 0 bridgehead atoms. The van der Waals surface area contributed by atoms with Crippen LogP contribution in [0.5, 0.6) is 5.75 Å². The van der Waals surface area contributed by atoms with Crippen molar-refractivity contribution in [2.24, 2.45) is 5.92 Å². The van der Waals surface area contributed by atoms with Crippen LogP contribution in [0.3, 0.4) is 0 Å². The van der Waals surface area contributed by atoms with Crippen LogP contribution in [-0.2, 0) is 0 Å². The number of nitrogens with zero attached hydrogens (tertiary/aromatic N) is 2. The lowest BCUT2D eigenvalue weighted by Crippen LogP contribution is -1.98. The highest BCUT2D eigenvalue weighted by atomic mass is 16.3. The van der Waals surface area contributed by atoms with Crippen LogP contribution in [0.4, 0.5) is 0 Å². The second kappa shape index (κ2) is 7.74. The van der Waals surface area contributed by atoms with Gasteiger partial charge < -0.3 is 5.11 Å². The van der Waals surface area contributed by atoms with Crippen molar-refractivity contribution in [2.45, 2.75) is 40.0 Å². The molecule has 1 aromatic carbocycles. The Hall–Kier alpha value is -2.16. The van der Waals surface area contributed by atoms with E-state index in [1.54, 1.807) is 42.2 Å². The van der Waals surface area contributed by atoms with Gasteiger partial charge in [-0.2, -0.15) is 0 Å². The lowest BCUT2D eigenvalue weighted by atomic mass is 9.92. The zero-order valence-electron chi connectivity index (χ0n) is 13.6. The summed E-state index contributed by atoms with van der Waals surface area (Å²) in [7, 11) is 0.